The van der Waals surface area contributed by atoms with Gasteiger partial charge in [0.2, 0.25) is 5.88 Å². The van der Waals surface area contributed by atoms with Crippen molar-refractivity contribution in [3.05, 3.63) is 59.0 Å². The van der Waals surface area contributed by atoms with E-state index in [9.17, 15) is 12.8 Å². The monoisotopic (exact) mass is 586 g/mol. The minimum absolute atomic E-state index is 0.0400. The van der Waals surface area contributed by atoms with E-state index in [1.807, 2.05) is 6.92 Å². The van der Waals surface area contributed by atoms with Crippen LogP contribution in [0.3, 0.4) is 0 Å². The Balaban J connectivity index is 1.37. The third kappa shape index (κ3) is 6.21. The fraction of sp³-hybridized carbons (Fsp3) is 0.393. The van der Waals surface area contributed by atoms with Gasteiger partial charge in [0.05, 0.1) is 0 Å². The van der Waals surface area contributed by atoms with E-state index >= 15 is 0 Å². The van der Waals surface area contributed by atoms with Gasteiger partial charge in [0.15, 0.2) is 11.5 Å². The molecular weight excluding hydrogens is 555 g/mol. The minimum atomic E-state index is -4.18. The van der Waals surface area contributed by atoms with Gasteiger partial charge in [-0.05, 0) is 102 Å². The molecule has 0 saturated carbocycles. The van der Waals surface area contributed by atoms with Crippen molar-refractivity contribution in [3.63, 3.8) is 0 Å². The number of hydrogen-bond acceptors (Lipinski definition) is 7. The highest BCUT2D eigenvalue weighted by molar-refractivity contribution is 7.92. The predicted octanol–water partition coefficient (Wildman–Crippen LogP) is 5.95. The van der Waals surface area contributed by atoms with Gasteiger partial charge in [-0.3, -0.25) is 9.82 Å². The van der Waals surface area contributed by atoms with Crippen LogP contribution in [-0.2, 0) is 10.0 Å². The van der Waals surface area contributed by atoms with Crippen LogP contribution in [0.25, 0.3) is 22.4 Å². The van der Waals surface area contributed by atoms with E-state index in [1.165, 1.54) is 6.07 Å². The lowest BCUT2D eigenvalue weighted by atomic mass is 10.0. The smallest absolute Gasteiger partial charge is 0.264 e. The van der Waals surface area contributed by atoms with Crippen molar-refractivity contribution in [3.8, 4) is 17.3 Å². The summed E-state index contributed by atoms with van der Waals surface area (Å²) in [4.78, 5) is 11.4. The van der Waals surface area contributed by atoms with Crippen molar-refractivity contribution < 1.29 is 17.5 Å². The summed E-state index contributed by atoms with van der Waals surface area (Å²) in [7, 11) is -4.18. The maximum absolute atomic E-state index is 14.2. The van der Waals surface area contributed by atoms with E-state index in [2.05, 4.69) is 38.7 Å². The number of rotatable bonds is 7. The number of sulfonamides is 1. The highest BCUT2D eigenvalue weighted by Gasteiger charge is 2.23. The lowest BCUT2D eigenvalue weighted by Crippen LogP contribution is -2.36. The van der Waals surface area contributed by atoms with Crippen LogP contribution in [0, 0.1) is 12.7 Å². The third-order valence-corrected chi connectivity index (χ3v) is 8.72. The van der Waals surface area contributed by atoms with E-state index in [-0.39, 0.29) is 16.8 Å². The van der Waals surface area contributed by atoms with E-state index in [4.69, 9.17) is 21.3 Å². The topological polar surface area (TPSA) is 113 Å². The highest BCUT2D eigenvalue weighted by Crippen LogP contribution is 2.31. The predicted molar refractivity (Wildman–Crippen MR) is 154 cm³/mol. The molecule has 0 atom stereocenters. The summed E-state index contributed by atoms with van der Waals surface area (Å²) in [5.41, 5.74) is 2.22. The Kier molecular flexibility index (Phi) is 8.25. The number of fused-ring (bicyclic) bond motifs is 1. The van der Waals surface area contributed by atoms with Crippen LogP contribution < -0.4 is 9.46 Å². The number of halogens is 2. The summed E-state index contributed by atoms with van der Waals surface area (Å²) in [5, 5.41) is 8.18. The van der Waals surface area contributed by atoms with Crippen LogP contribution in [0.5, 0.6) is 5.88 Å². The number of likely N-dealkylation sites (tertiary alicyclic amines) is 1. The van der Waals surface area contributed by atoms with Gasteiger partial charge < -0.3 is 9.64 Å². The zero-order valence-electron chi connectivity index (χ0n) is 22.6. The molecule has 4 aromatic rings. The van der Waals surface area contributed by atoms with Crippen LogP contribution in [-0.4, -0.2) is 58.7 Å². The second-order valence-corrected chi connectivity index (χ2v) is 12.4. The molecule has 0 unspecified atom stereocenters. The van der Waals surface area contributed by atoms with Gasteiger partial charge in [0, 0.05) is 28.0 Å². The average molecular weight is 587 g/mol. The molecule has 1 aliphatic heterocycles. The van der Waals surface area contributed by atoms with Crippen molar-refractivity contribution in [1.82, 2.24) is 25.1 Å². The highest BCUT2D eigenvalue weighted by atomic mass is 35.5. The molecule has 2 N–H and O–H groups in total. The fourth-order valence-corrected chi connectivity index (χ4v) is 6.32. The summed E-state index contributed by atoms with van der Waals surface area (Å²) >= 11 is 5.87. The van der Waals surface area contributed by atoms with Gasteiger partial charge in [-0.2, -0.15) is 10.1 Å². The first kappa shape index (κ1) is 28.3. The molecule has 212 valence electrons. The number of anilines is 1. The van der Waals surface area contributed by atoms with Crippen molar-refractivity contribution in [2.24, 2.45) is 0 Å². The molecule has 40 heavy (non-hydrogen) atoms. The molecule has 1 aliphatic rings. The summed E-state index contributed by atoms with van der Waals surface area (Å²) in [6.07, 6.45) is 4.00. The number of nitrogens with one attached hydrogen (secondary N) is 2. The Hall–Kier alpha value is -3.28. The number of aromatic nitrogens is 4. The number of aromatic amines is 1. The summed E-state index contributed by atoms with van der Waals surface area (Å²) in [6.45, 7) is 8.47. The van der Waals surface area contributed by atoms with E-state index < -0.39 is 20.7 Å². The molecule has 9 nitrogen and oxygen atoms in total. The van der Waals surface area contributed by atoms with Gasteiger partial charge in [-0.25, -0.2) is 17.8 Å². The number of nitrogens with zero attached hydrogens (tertiary/aromatic N) is 4. The number of hydrogen-bond donors (Lipinski definition) is 2. The van der Waals surface area contributed by atoms with E-state index in [0.29, 0.717) is 29.0 Å². The maximum atomic E-state index is 14.2. The molecule has 1 saturated heterocycles. The second kappa shape index (κ2) is 11.7. The molecule has 0 spiro atoms. The molecule has 0 aliphatic carbocycles. The molecule has 2 aromatic heterocycles. The van der Waals surface area contributed by atoms with Crippen LogP contribution in [0.4, 0.5) is 10.1 Å². The average Bonchev–Trinajstić information content (AvgIpc) is 3.27. The normalized spacial score (nSPS) is 15.8. The molecule has 0 radical (unpaired) electrons. The first-order valence-electron chi connectivity index (χ1n) is 13.3. The maximum Gasteiger partial charge on any atom is 0.264 e. The first-order chi connectivity index (χ1) is 19.1. The van der Waals surface area contributed by atoms with Crippen molar-refractivity contribution in [2.75, 3.05) is 17.8 Å². The van der Waals surface area contributed by atoms with Gasteiger partial charge >= 0.3 is 0 Å². The van der Waals surface area contributed by atoms with Gasteiger partial charge in [0.1, 0.15) is 22.2 Å². The Morgan fingerprint density at radius 3 is 2.48 bits per heavy atom. The fourth-order valence-electron chi connectivity index (χ4n) is 4.92. The molecular formula is C28H32ClFN6O3S. The van der Waals surface area contributed by atoms with Crippen LogP contribution in [0.1, 0.15) is 45.2 Å². The quantitative estimate of drug-likeness (QED) is 0.275. The standard InChI is InChI=1S/C28H32ClFN6O3S/c1-17(2)36-14-4-6-22(7-5-15-36)39-28-25-18(3)33-34-27(25)31-26(32-28)19-8-11-21(12-9-19)35-40(37,38)24-16-20(29)10-13-23(24)30/h8-13,16-17,22,35H,4-7,14-15H2,1-3H3,(H,31,32,33,34). The van der Waals surface area contributed by atoms with E-state index in [0.717, 1.165) is 62.0 Å². The zero-order chi connectivity index (χ0) is 28.4. The number of ether oxygens (including phenoxy) is 1. The van der Waals surface area contributed by atoms with Gasteiger partial charge in [-0.1, -0.05) is 11.6 Å². The SMILES string of the molecule is Cc1[nH]nc2nc(-c3ccc(NS(=O)(=O)c4cc(Cl)ccc4F)cc3)nc(OC3CCCN(C(C)C)CCC3)c12. The third-order valence-electron chi connectivity index (χ3n) is 7.09. The van der Waals surface area contributed by atoms with Crippen LogP contribution >= 0.6 is 11.6 Å². The van der Waals surface area contributed by atoms with Gasteiger partial charge in [0.25, 0.3) is 10.0 Å². The van der Waals surface area contributed by atoms with Crippen molar-refractivity contribution >= 4 is 38.3 Å². The summed E-state index contributed by atoms with van der Waals surface area (Å²) in [5.74, 6) is -0.00143. The first-order valence-corrected chi connectivity index (χ1v) is 15.2. The lowest BCUT2D eigenvalue weighted by molar-refractivity contribution is 0.125. The Labute approximate surface area is 238 Å². The Morgan fingerprint density at radius 1 is 1.10 bits per heavy atom. The van der Waals surface area contributed by atoms with Crippen molar-refractivity contribution in [1.29, 1.82) is 0 Å². The second-order valence-electron chi connectivity index (χ2n) is 10.3. The minimum Gasteiger partial charge on any atom is -0.474 e. The largest absolute Gasteiger partial charge is 0.474 e. The molecule has 0 amide bonds. The van der Waals surface area contributed by atoms with Gasteiger partial charge in [-0.15, -0.1) is 0 Å². The molecule has 1 fully saturated rings. The molecule has 5 rings (SSSR count). The van der Waals surface area contributed by atoms with E-state index in [1.54, 1.807) is 24.3 Å². The van der Waals surface area contributed by atoms with Crippen LogP contribution in [0.15, 0.2) is 47.4 Å². The molecule has 3 heterocycles. The van der Waals surface area contributed by atoms with Crippen molar-refractivity contribution in [2.45, 2.75) is 63.5 Å². The number of H-pyrrole nitrogens is 1. The molecule has 12 heteroatoms. The zero-order valence-corrected chi connectivity index (χ0v) is 24.2. The molecule has 2 aromatic carbocycles. The number of benzene rings is 2. The summed E-state index contributed by atoms with van der Waals surface area (Å²) < 4.78 is 48.5. The lowest BCUT2D eigenvalue weighted by Gasteiger charge is -2.30. The Bertz CT molecular complexity index is 1600. The van der Waals surface area contributed by atoms with Crippen LogP contribution in [0.2, 0.25) is 5.02 Å². The summed E-state index contributed by atoms with van der Waals surface area (Å²) in [6, 6.07) is 10.4. The number of aryl methyl sites for hydroxylation is 1. The molecule has 0 bridgehead atoms. The Morgan fingerprint density at radius 2 is 1.80 bits per heavy atom.